The average molecular weight is 437 g/mol. The van der Waals surface area contributed by atoms with E-state index in [1.165, 1.54) is 30.3 Å². The Labute approximate surface area is 174 Å². The first kappa shape index (κ1) is 22.0. The molecule has 0 amide bonds. The molecule has 2 aromatic carbocycles. The fraction of sp³-hybridized carbons (Fsp3) is 0.182. The van der Waals surface area contributed by atoms with Crippen LogP contribution in [0.5, 0.6) is 5.75 Å². The molecule has 0 saturated carbocycles. The molecule has 0 spiro atoms. The smallest absolute Gasteiger partial charge is 0.406 e. The van der Waals surface area contributed by atoms with E-state index in [4.69, 9.17) is 5.73 Å². The molecule has 0 aromatic heterocycles. The lowest BCUT2D eigenvalue weighted by Gasteiger charge is -2.15. The van der Waals surface area contributed by atoms with Crippen LogP contribution in [0.4, 0.5) is 17.6 Å². The zero-order chi connectivity index (χ0) is 21.7. The zero-order valence-corrected chi connectivity index (χ0v) is 16.6. The second-order valence-electron chi connectivity index (χ2n) is 6.57. The van der Waals surface area contributed by atoms with Crippen molar-refractivity contribution in [1.29, 1.82) is 0 Å². The van der Waals surface area contributed by atoms with Crippen LogP contribution in [0.15, 0.2) is 87.7 Å². The van der Waals surface area contributed by atoms with Crippen LogP contribution in [0, 0.1) is 5.82 Å². The largest absolute Gasteiger partial charge is 0.573 e. The maximum absolute atomic E-state index is 14.2. The van der Waals surface area contributed by atoms with Crippen molar-refractivity contribution in [2.24, 2.45) is 5.73 Å². The number of rotatable bonds is 6. The quantitative estimate of drug-likeness (QED) is 0.632. The van der Waals surface area contributed by atoms with Crippen LogP contribution in [-0.2, 0) is 17.2 Å². The molecular weight excluding hydrogens is 418 g/mol. The van der Waals surface area contributed by atoms with Gasteiger partial charge in [-0.15, -0.1) is 13.2 Å². The molecule has 0 fully saturated rings. The SMILES string of the molecule is NCC1=CC=C(Cc2ccc(OC(F)(F)F)cc2S(=O)c2ccccc2F)CC=C1. The molecule has 2 aromatic rings. The molecule has 1 aliphatic rings. The number of allylic oxidation sites excluding steroid dienone is 4. The third-order valence-electron chi connectivity index (χ3n) is 4.41. The van der Waals surface area contributed by atoms with Crippen LogP contribution < -0.4 is 10.5 Å². The fourth-order valence-corrected chi connectivity index (χ4v) is 4.27. The molecule has 0 saturated heterocycles. The van der Waals surface area contributed by atoms with Crippen molar-refractivity contribution >= 4 is 10.8 Å². The summed E-state index contributed by atoms with van der Waals surface area (Å²) in [5.74, 6) is -1.21. The van der Waals surface area contributed by atoms with Crippen molar-refractivity contribution < 1.29 is 26.5 Å². The van der Waals surface area contributed by atoms with E-state index in [-0.39, 0.29) is 9.79 Å². The van der Waals surface area contributed by atoms with Gasteiger partial charge in [0.15, 0.2) is 0 Å². The van der Waals surface area contributed by atoms with Gasteiger partial charge in [0.05, 0.1) is 20.6 Å². The Morgan fingerprint density at radius 3 is 2.53 bits per heavy atom. The van der Waals surface area contributed by atoms with E-state index < -0.39 is 28.7 Å². The van der Waals surface area contributed by atoms with Gasteiger partial charge in [-0.3, -0.25) is 0 Å². The summed E-state index contributed by atoms with van der Waals surface area (Å²) < 4.78 is 69.2. The van der Waals surface area contributed by atoms with Crippen LogP contribution in [-0.4, -0.2) is 17.1 Å². The van der Waals surface area contributed by atoms with Crippen LogP contribution >= 0.6 is 0 Å². The molecule has 1 atom stereocenters. The fourth-order valence-electron chi connectivity index (χ4n) is 2.99. The summed E-state index contributed by atoms with van der Waals surface area (Å²) in [6.45, 7) is 0.381. The number of benzene rings is 2. The van der Waals surface area contributed by atoms with Gasteiger partial charge in [0.2, 0.25) is 0 Å². The normalized spacial score (nSPS) is 15.2. The minimum atomic E-state index is -4.89. The lowest BCUT2D eigenvalue weighted by atomic mass is 10.0. The summed E-state index contributed by atoms with van der Waals surface area (Å²) in [4.78, 5) is -0.0398. The molecule has 3 rings (SSSR count). The number of ether oxygens (including phenoxy) is 1. The first-order valence-electron chi connectivity index (χ1n) is 9.07. The van der Waals surface area contributed by atoms with Crippen molar-refractivity contribution in [2.45, 2.75) is 29.0 Å². The van der Waals surface area contributed by atoms with Gasteiger partial charge in [0, 0.05) is 6.54 Å². The molecule has 30 heavy (non-hydrogen) atoms. The summed E-state index contributed by atoms with van der Waals surface area (Å²) in [6, 6.07) is 9.11. The van der Waals surface area contributed by atoms with Gasteiger partial charge >= 0.3 is 6.36 Å². The van der Waals surface area contributed by atoms with Crippen molar-refractivity contribution in [3.8, 4) is 5.75 Å². The van der Waals surface area contributed by atoms with Crippen molar-refractivity contribution in [2.75, 3.05) is 6.54 Å². The Morgan fingerprint density at radius 2 is 1.83 bits per heavy atom. The van der Waals surface area contributed by atoms with Crippen molar-refractivity contribution in [3.05, 3.63) is 89.3 Å². The lowest BCUT2D eigenvalue weighted by Crippen LogP contribution is -2.17. The monoisotopic (exact) mass is 437 g/mol. The molecule has 8 heteroatoms. The van der Waals surface area contributed by atoms with Crippen LogP contribution in [0.3, 0.4) is 0 Å². The Kier molecular flexibility index (Phi) is 6.89. The minimum Gasteiger partial charge on any atom is -0.406 e. The molecule has 1 aliphatic carbocycles. The number of hydrogen-bond acceptors (Lipinski definition) is 3. The second kappa shape index (κ2) is 9.40. The summed E-state index contributed by atoms with van der Waals surface area (Å²) in [7, 11) is -2.03. The van der Waals surface area contributed by atoms with Gasteiger partial charge in [-0.2, -0.15) is 0 Å². The number of halogens is 4. The van der Waals surface area contributed by atoms with Crippen LogP contribution in [0.2, 0.25) is 0 Å². The summed E-state index contributed by atoms with van der Waals surface area (Å²) in [5, 5.41) is 0. The minimum absolute atomic E-state index is 0.0685. The van der Waals surface area contributed by atoms with Gasteiger partial charge in [0.25, 0.3) is 0 Å². The van der Waals surface area contributed by atoms with Crippen molar-refractivity contribution in [1.82, 2.24) is 0 Å². The highest BCUT2D eigenvalue weighted by atomic mass is 32.2. The van der Waals surface area contributed by atoms with Crippen LogP contribution in [0.25, 0.3) is 0 Å². The van der Waals surface area contributed by atoms with E-state index >= 15 is 0 Å². The third-order valence-corrected chi connectivity index (χ3v) is 5.92. The van der Waals surface area contributed by atoms with E-state index in [2.05, 4.69) is 4.74 Å². The highest BCUT2D eigenvalue weighted by Gasteiger charge is 2.31. The maximum atomic E-state index is 14.2. The molecule has 0 radical (unpaired) electrons. The van der Waals surface area contributed by atoms with Gasteiger partial charge in [-0.25, -0.2) is 8.60 Å². The Morgan fingerprint density at radius 1 is 1.07 bits per heavy atom. The van der Waals surface area contributed by atoms with Gasteiger partial charge in [0.1, 0.15) is 11.6 Å². The summed E-state index contributed by atoms with van der Waals surface area (Å²) in [5.41, 5.74) is 8.06. The van der Waals surface area contributed by atoms with Crippen molar-refractivity contribution in [3.63, 3.8) is 0 Å². The van der Waals surface area contributed by atoms with E-state index in [0.717, 1.165) is 23.3 Å². The standard InChI is InChI=1S/C22H19F4NO2S/c23-19-6-1-2-7-20(19)30(28)21-13-18(29-22(24,25)26)11-10-17(21)12-15-4-3-5-16(14-27)9-8-15/h1-3,5-11,13H,4,12,14,27H2. The lowest BCUT2D eigenvalue weighted by molar-refractivity contribution is -0.274. The first-order valence-corrected chi connectivity index (χ1v) is 10.2. The molecule has 3 nitrogen and oxygen atoms in total. The molecule has 0 bridgehead atoms. The molecule has 0 aliphatic heterocycles. The summed E-state index contributed by atoms with van der Waals surface area (Å²) >= 11 is 0. The topological polar surface area (TPSA) is 52.3 Å². The Balaban J connectivity index is 2.01. The van der Waals surface area contributed by atoms with Gasteiger partial charge < -0.3 is 10.5 Å². The molecule has 1 unspecified atom stereocenters. The molecular formula is C22H19F4NO2S. The molecule has 0 heterocycles. The van der Waals surface area contributed by atoms with Gasteiger partial charge in [-0.1, -0.05) is 48.1 Å². The zero-order valence-electron chi connectivity index (χ0n) is 15.8. The number of hydrogen-bond donors (Lipinski definition) is 1. The Bertz CT molecular complexity index is 1040. The Hall–Kier alpha value is -2.71. The third kappa shape index (κ3) is 5.67. The maximum Gasteiger partial charge on any atom is 0.573 e. The predicted molar refractivity (Wildman–Crippen MR) is 107 cm³/mol. The average Bonchev–Trinajstić information content (AvgIpc) is 2.93. The molecule has 158 valence electrons. The predicted octanol–water partition coefficient (Wildman–Crippen LogP) is 5.20. The highest BCUT2D eigenvalue weighted by molar-refractivity contribution is 7.85. The summed E-state index contributed by atoms with van der Waals surface area (Å²) in [6.07, 6.45) is 3.64. The number of alkyl halides is 3. The first-order chi connectivity index (χ1) is 14.3. The van der Waals surface area contributed by atoms with Gasteiger partial charge in [-0.05, 0) is 48.2 Å². The second-order valence-corrected chi connectivity index (χ2v) is 7.99. The van der Waals surface area contributed by atoms with E-state index in [0.29, 0.717) is 24.9 Å². The van der Waals surface area contributed by atoms with E-state index in [9.17, 15) is 21.8 Å². The highest BCUT2D eigenvalue weighted by Crippen LogP contribution is 2.31. The van der Waals surface area contributed by atoms with Crippen LogP contribution in [0.1, 0.15) is 12.0 Å². The molecule has 2 N–H and O–H groups in total. The van der Waals surface area contributed by atoms with E-state index in [1.54, 1.807) is 0 Å². The number of nitrogens with two attached hydrogens (primary N) is 1. The van der Waals surface area contributed by atoms with E-state index in [1.807, 2.05) is 24.3 Å².